The van der Waals surface area contributed by atoms with Gasteiger partial charge in [-0.25, -0.2) is 0 Å². The molecule has 0 spiro atoms. The van der Waals surface area contributed by atoms with Gasteiger partial charge in [0.05, 0.1) is 24.8 Å². The van der Waals surface area contributed by atoms with Crippen molar-refractivity contribution < 1.29 is 19.0 Å². The number of amides is 1. The normalized spacial score (nSPS) is 16.9. The number of ether oxygens (including phenoxy) is 3. The Morgan fingerprint density at radius 1 is 1.30 bits per heavy atom. The third kappa shape index (κ3) is 3.40. The molecule has 1 aliphatic rings. The molecule has 1 aromatic carbocycles. The van der Waals surface area contributed by atoms with Crippen LogP contribution in [0.5, 0.6) is 5.75 Å². The van der Waals surface area contributed by atoms with Crippen LogP contribution in [0.4, 0.5) is 5.69 Å². The number of hydrogen-bond acceptors (Lipinski definition) is 5. The van der Waals surface area contributed by atoms with Gasteiger partial charge in [0.1, 0.15) is 18.4 Å². The molecule has 7 heteroatoms. The van der Waals surface area contributed by atoms with Gasteiger partial charge in [-0.3, -0.25) is 4.79 Å². The third-order valence-electron chi connectivity index (χ3n) is 2.90. The van der Waals surface area contributed by atoms with E-state index in [-0.39, 0.29) is 5.91 Å². The van der Waals surface area contributed by atoms with Crippen LogP contribution in [-0.4, -0.2) is 39.4 Å². The molecule has 20 heavy (non-hydrogen) atoms. The second kappa shape index (κ2) is 6.90. The number of carbonyl (C=O) groups excluding carboxylic acids is 1. The first-order valence-electron chi connectivity index (χ1n) is 6.23. The second-order valence-corrected chi connectivity index (χ2v) is 4.70. The van der Waals surface area contributed by atoms with Gasteiger partial charge in [-0.1, -0.05) is 11.6 Å². The van der Waals surface area contributed by atoms with Gasteiger partial charge in [0.2, 0.25) is 5.91 Å². The van der Waals surface area contributed by atoms with E-state index < -0.39 is 6.04 Å². The molecule has 0 aromatic heterocycles. The number of nitrogens with one attached hydrogen (secondary N) is 1. The molecule has 2 rings (SSSR count). The fourth-order valence-corrected chi connectivity index (χ4v) is 2.08. The first-order valence-corrected chi connectivity index (χ1v) is 6.60. The number of hydrogen-bond donors (Lipinski definition) is 2. The smallest absolute Gasteiger partial charge is 0.245 e. The highest BCUT2D eigenvalue weighted by Gasteiger charge is 2.28. The first-order chi connectivity index (χ1) is 9.63. The summed E-state index contributed by atoms with van der Waals surface area (Å²) in [6.07, 6.45) is 0. The van der Waals surface area contributed by atoms with Gasteiger partial charge in [-0.2, -0.15) is 0 Å². The number of carbonyl (C=O) groups is 1. The van der Waals surface area contributed by atoms with Crippen LogP contribution in [0.2, 0.25) is 5.02 Å². The quantitative estimate of drug-likeness (QED) is 0.742. The van der Waals surface area contributed by atoms with Crippen LogP contribution >= 0.6 is 11.6 Å². The van der Waals surface area contributed by atoms with Crippen molar-refractivity contribution in [2.45, 2.75) is 6.04 Å². The standard InChI is InChI=1S/C13H17ClN2O4/c1-18-2-3-19-4-5-20-11-7-10-8(6-9(11)14)12(15)13(17)16-10/h6-7,12H,2-5,15H2,1H3,(H,16,17). The molecule has 110 valence electrons. The maximum atomic E-state index is 11.5. The van der Waals surface area contributed by atoms with Crippen LogP contribution < -0.4 is 15.8 Å². The Labute approximate surface area is 122 Å². The number of methoxy groups -OCH3 is 1. The summed E-state index contributed by atoms with van der Waals surface area (Å²) in [5.74, 6) is 0.256. The fourth-order valence-electron chi connectivity index (χ4n) is 1.85. The predicted octanol–water partition coefficient (Wildman–Crippen LogP) is 1.33. The molecular weight excluding hydrogens is 284 g/mol. The molecule has 6 nitrogen and oxygen atoms in total. The summed E-state index contributed by atoms with van der Waals surface area (Å²) in [7, 11) is 1.61. The van der Waals surface area contributed by atoms with Crippen molar-refractivity contribution >= 4 is 23.2 Å². The highest BCUT2D eigenvalue weighted by atomic mass is 35.5. The minimum absolute atomic E-state index is 0.240. The molecule has 1 heterocycles. The number of anilines is 1. The average Bonchev–Trinajstić information content (AvgIpc) is 2.69. The summed E-state index contributed by atoms with van der Waals surface area (Å²) in [4.78, 5) is 11.5. The van der Waals surface area contributed by atoms with E-state index >= 15 is 0 Å². The van der Waals surface area contributed by atoms with Gasteiger partial charge in [0.15, 0.2) is 0 Å². The molecule has 0 aliphatic carbocycles. The maximum Gasteiger partial charge on any atom is 0.245 e. The highest BCUT2D eigenvalue weighted by Crippen LogP contribution is 2.37. The highest BCUT2D eigenvalue weighted by molar-refractivity contribution is 6.32. The topological polar surface area (TPSA) is 82.8 Å². The van der Waals surface area contributed by atoms with Crippen LogP contribution in [0.1, 0.15) is 11.6 Å². The van der Waals surface area contributed by atoms with Crippen LogP contribution in [-0.2, 0) is 14.3 Å². The summed E-state index contributed by atoms with van der Waals surface area (Å²) < 4.78 is 15.7. The lowest BCUT2D eigenvalue weighted by Crippen LogP contribution is -2.19. The van der Waals surface area contributed by atoms with Crippen molar-refractivity contribution in [3.05, 3.63) is 22.7 Å². The van der Waals surface area contributed by atoms with Crippen molar-refractivity contribution in [2.24, 2.45) is 5.73 Å². The number of halogens is 1. The minimum Gasteiger partial charge on any atom is -0.490 e. The molecule has 1 aliphatic heterocycles. The molecule has 0 fully saturated rings. The molecular formula is C13H17ClN2O4. The van der Waals surface area contributed by atoms with E-state index in [2.05, 4.69) is 5.32 Å². The van der Waals surface area contributed by atoms with Crippen molar-refractivity contribution in [1.29, 1.82) is 0 Å². The van der Waals surface area contributed by atoms with E-state index in [0.29, 0.717) is 48.5 Å². The van der Waals surface area contributed by atoms with Crippen molar-refractivity contribution in [2.75, 3.05) is 38.9 Å². The van der Waals surface area contributed by atoms with Gasteiger partial charge < -0.3 is 25.3 Å². The zero-order valence-corrected chi connectivity index (χ0v) is 11.9. The summed E-state index contributed by atoms with van der Waals surface area (Å²) in [6.45, 7) is 1.86. The van der Waals surface area contributed by atoms with Crippen molar-refractivity contribution in [1.82, 2.24) is 0 Å². The van der Waals surface area contributed by atoms with E-state index in [1.807, 2.05) is 0 Å². The van der Waals surface area contributed by atoms with Gasteiger partial charge in [0.25, 0.3) is 0 Å². The summed E-state index contributed by atoms with van der Waals surface area (Å²) >= 11 is 6.10. The van der Waals surface area contributed by atoms with Crippen LogP contribution in [0, 0.1) is 0 Å². The molecule has 1 unspecified atom stereocenters. The summed E-state index contributed by atoms with van der Waals surface area (Å²) in [6, 6.07) is 2.66. The lowest BCUT2D eigenvalue weighted by molar-refractivity contribution is -0.116. The van der Waals surface area contributed by atoms with Gasteiger partial charge in [0, 0.05) is 24.4 Å². The van der Waals surface area contributed by atoms with Crippen LogP contribution in [0.25, 0.3) is 0 Å². The van der Waals surface area contributed by atoms with Gasteiger partial charge in [-0.15, -0.1) is 0 Å². The van der Waals surface area contributed by atoms with Crippen molar-refractivity contribution in [3.8, 4) is 5.75 Å². The molecule has 0 saturated carbocycles. The summed E-state index contributed by atoms with van der Waals surface area (Å²) in [5.41, 5.74) is 7.06. The average molecular weight is 301 g/mol. The zero-order chi connectivity index (χ0) is 14.5. The number of benzene rings is 1. The second-order valence-electron chi connectivity index (χ2n) is 4.29. The zero-order valence-electron chi connectivity index (χ0n) is 11.1. The monoisotopic (exact) mass is 300 g/mol. The third-order valence-corrected chi connectivity index (χ3v) is 3.19. The van der Waals surface area contributed by atoms with Crippen LogP contribution in [0.15, 0.2) is 12.1 Å². The van der Waals surface area contributed by atoms with Crippen LogP contribution in [0.3, 0.4) is 0 Å². The van der Waals surface area contributed by atoms with E-state index in [1.54, 1.807) is 19.2 Å². The van der Waals surface area contributed by atoms with Gasteiger partial charge >= 0.3 is 0 Å². The SMILES string of the molecule is COCCOCCOc1cc2c(cc1Cl)C(N)C(=O)N2. The lowest BCUT2D eigenvalue weighted by atomic mass is 10.1. The van der Waals surface area contributed by atoms with Gasteiger partial charge in [-0.05, 0) is 6.07 Å². The fraction of sp³-hybridized carbons (Fsp3) is 0.462. The Morgan fingerprint density at radius 3 is 2.80 bits per heavy atom. The molecule has 1 atom stereocenters. The predicted molar refractivity (Wildman–Crippen MR) is 75.2 cm³/mol. The minimum atomic E-state index is -0.672. The summed E-state index contributed by atoms with van der Waals surface area (Å²) in [5, 5.41) is 3.11. The molecule has 0 bridgehead atoms. The Balaban J connectivity index is 1.90. The van der Waals surface area contributed by atoms with E-state index in [4.69, 9.17) is 31.5 Å². The molecule has 0 saturated heterocycles. The largest absolute Gasteiger partial charge is 0.490 e. The first kappa shape index (κ1) is 15.1. The molecule has 0 radical (unpaired) electrons. The molecule has 3 N–H and O–H groups in total. The number of fused-ring (bicyclic) bond motifs is 1. The Kier molecular flexibility index (Phi) is 5.19. The Hall–Kier alpha value is -1.34. The van der Waals surface area contributed by atoms with E-state index in [0.717, 1.165) is 0 Å². The van der Waals surface area contributed by atoms with E-state index in [1.165, 1.54) is 0 Å². The number of nitrogens with two attached hydrogens (primary N) is 1. The Morgan fingerprint density at radius 2 is 2.05 bits per heavy atom. The maximum absolute atomic E-state index is 11.5. The number of rotatable bonds is 7. The Bertz CT molecular complexity index is 496. The molecule has 1 amide bonds. The van der Waals surface area contributed by atoms with E-state index in [9.17, 15) is 4.79 Å². The van der Waals surface area contributed by atoms with Crippen molar-refractivity contribution in [3.63, 3.8) is 0 Å². The lowest BCUT2D eigenvalue weighted by Gasteiger charge is -2.11. The molecule has 1 aromatic rings.